The Bertz CT molecular complexity index is 1160. The summed E-state index contributed by atoms with van der Waals surface area (Å²) in [6, 6.07) is -0.468. The molecule has 0 fully saturated rings. The van der Waals surface area contributed by atoms with E-state index in [2.05, 4.69) is 20.4 Å². The van der Waals surface area contributed by atoms with E-state index in [4.69, 9.17) is 4.74 Å². The fourth-order valence-electron chi connectivity index (χ4n) is 3.24. The normalized spacial score (nSPS) is 16.9. The zero-order chi connectivity index (χ0) is 26.3. The molecule has 1 N–H and O–H groups in total. The Morgan fingerprint density at radius 2 is 1.57 bits per heavy atom. The molecule has 2 amide bonds. The second-order valence-corrected chi connectivity index (χ2v) is 8.13. The number of nitrogens with zero attached hydrogens (tertiary/aromatic N) is 4. The van der Waals surface area contributed by atoms with Crippen molar-refractivity contribution in [3.63, 3.8) is 0 Å². The number of hydrogen-bond donors (Lipinski definition) is 1. The predicted octanol–water partition coefficient (Wildman–Crippen LogP) is 3.93. The molecule has 188 valence electrons. The number of likely N-dealkylation sites (N-methyl/N-ethyl adjacent to an activating group) is 1. The van der Waals surface area contributed by atoms with Crippen LogP contribution in [0.15, 0.2) is 35.7 Å². The third-order valence-electron chi connectivity index (χ3n) is 4.94. The van der Waals surface area contributed by atoms with Crippen molar-refractivity contribution in [2.24, 2.45) is 5.10 Å². The molecule has 14 heteroatoms. The summed E-state index contributed by atoms with van der Waals surface area (Å²) in [7, 11) is 1.39. The highest BCUT2D eigenvalue weighted by Crippen LogP contribution is 2.36. The van der Waals surface area contributed by atoms with Gasteiger partial charge in [-0.15, -0.1) is 5.10 Å². The molecular weight excluding hydrogens is 484 g/mol. The van der Waals surface area contributed by atoms with Crippen molar-refractivity contribution in [1.29, 1.82) is 0 Å². The lowest BCUT2D eigenvalue weighted by atomic mass is 10.0. The quantitative estimate of drug-likeness (QED) is 0.638. The van der Waals surface area contributed by atoms with Crippen molar-refractivity contribution in [2.75, 3.05) is 7.05 Å². The zero-order valence-electron chi connectivity index (χ0n) is 18.7. The lowest BCUT2D eigenvalue weighted by molar-refractivity contribution is -0.148. The van der Waals surface area contributed by atoms with Crippen LogP contribution in [-0.2, 0) is 21.9 Å². The number of nitrogens with one attached hydrogen (secondary N) is 1. The smallest absolute Gasteiger partial charge is 0.416 e. The van der Waals surface area contributed by atoms with Gasteiger partial charge in [-0.25, -0.2) is 9.99 Å². The molecule has 2 aromatic rings. The van der Waals surface area contributed by atoms with Gasteiger partial charge in [0, 0.05) is 25.0 Å². The highest BCUT2D eigenvalue weighted by Gasteiger charge is 2.40. The van der Waals surface area contributed by atoms with Gasteiger partial charge in [0.2, 0.25) is 0 Å². The molecule has 1 aliphatic heterocycles. The zero-order valence-corrected chi connectivity index (χ0v) is 18.7. The summed E-state index contributed by atoms with van der Waals surface area (Å²) >= 11 is 0. The van der Waals surface area contributed by atoms with Crippen molar-refractivity contribution in [1.82, 2.24) is 20.3 Å². The monoisotopic (exact) mass is 503 g/mol. The summed E-state index contributed by atoms with van der Waals surface area (Å²) in [6.07, 6.45) is -7.67. The summed E-state index contributed by atoms with van der Waals surface area (Å²) in [5.74, 6) is -1.76. The van der Waals surface area contributed by atoms with E-state index in [0.717, 1.165) is 5.01 Å². The van der Waals surface area contributed by atoms with Crippen molar-refractivity contribution in [2.45, 2.75) is 44.8 Å². The molecule has 1 unspecified atom stereocenters. The fourth-order valence-corrected chi connectivity index (χ4v) is 3.24. The van der Waals surface area contributed by atoms with Crippen LogP contribution in [0.5, 0.6) is 0 Å². The summed E-state index contributed by atoms with van der Waals surface area (Å²) in [6.45, 7) is 4.38. The Balaban J connectivity index is 1.95. The first-order chi connectivity index (χ1) is 16.0. The average molecular weight is 503 g/mol. The third-order valence-corrected chi connectivity index (χ3v) is 4.94. The van der Waals surface area contributed by atoms with Crippen LogP contribution in [0.4, 0.5) is 26.3 Å². The van der Waals surface area contributed by atoms with E-state index in [0.29, 0.717) is 12.1 Å². The van der Waals surface area contributed by atoms with Gasteiger partial charge in [0.25, 0.3) is 17.7 Å². The number of alkyl halides is 6. The van der Waals surface area contributed by atoms with Crippen LogP contribution >= 0.6 is 0 Å². The minimum absolute atomic E-state index is 0.0211. The molecule has 0 aliphatic carbocycles. The van der Waals surface area contributed by atoms with E-state index < -0.39 is 52.5 Å². The van der Waals surface area contributed by atoms with Gasteiger partial charge in [-0.1, -0.05) is 0 Å². The van der Waals surface area contributed by atoms with Gasteiger partial charge >= 0.3 is 12.4 Å². The summed E-state index contributed by atoms with van der Waals surface area (Å²) < 4.78 is 84.4. The number of ether oxygens (including phenoxy) is 1. The molecule has 0 spiro atoms. The van der Waals surface area contributed by atoms with E-state index >= 15 is 0 Å². The van der Waals surface area contributed by atoms with Crippen LogP contribution in [0.1, 0.15) is 59.7 Å². The number of hydrogen-bond acceptors (Lipinski definition) is 6. The molecule has 35 heavy (non-hydrogen) atoms. The average Bonchev–Trinajstić information content (AvgIpc) is 2.75. The van der Waals surface area contributed by atoms with Gasteiger partial charge in [-0.3, -0.25) is 14.6 Å². The molecule has 1 aromatic carbocycles. The lowest BCUT2D eigenvalue weighted by Crippen LogP contribution is -2.49. The maximum atomic E-state index is 13.1. The van der Waals surface area contributed by atoms with E-state index in [-0.39, 0.29) is 23.4 Å². The minimum Gasteiger partial charge on any atom is -0.459 e. The molecule has 1 aromatic heterocycles. The first-order valence-electron chi connectivity index (χ1n) is 9.98. The molecule has 1 atom stereocenters. The Morgan fingerprint density at radius 1 is 1.03 bits per heavy atom. The maximum Gasteiger partial charge on any atom is 0.416 e. The predicted molar refractivity (Wildman–Crippen MR) is 109 cm³/mol. The van der Waals surface area contributed by atoms with Gasteiger partial charge < -0.3 is 10.1 Å². The second-order valence-electron chi connectivity index (χ2n) is 8.13. The van der Waals surface area contributed by atoms with Gasteiger partial charge in [-0.2, -0.15) is 26.3 Å². The number of benzene rings is 1. The molecule has 0 saturated carbocycles. The largest absolute Gasteiger partial charge is 0.459 e. The van der Waals surface area contributed by atoms with Crippen LogP contribution in [0.2, 0.25) is 0 Å². The second kappa shape index (κ2) is 8.82. The Morgan fingerprint density at radius 3 is 2.09 bits per heavy atom. The molecule has 0 saturated heterocycles. The Labute approximate surface area is 195 Å². The van der Waals surface area contributed by atoms with Crippen molar-refractivity contribution in [3.05, 3.63) is 58.7 Å². The van der Waals surface area contributed by atoms with E-state index in [1.807, 2.05) is 0 Å². The van der Waals surface area contributed by atoms with Crippen LogP contribution in [0, 0.1) is 0 Å². The number of carbonyl (C=O) groups is 2. The summed E-state index contributed by atoms with van der Waals surface area (Å²) in [4.78, 5) is 33.1. The third kappa shape index (κ3) is 5.52. The first kappa shape index (κ1) is 25.9. The van der Waals surface area contributed by atoms with Crippen LogP contribution in [-0.4, -0.2) is 45.3 Å². The Kier molecular flexibility index (Phi) is 6.53. The van der Waals surface area contributed by atoms with E-state index in [9.17, 15) is 35.9 Å². The van der Waals surface area contributed by atoms with Gasteiger partial charge in [0.05, 0.1) is 22.9 Å². The minimum atomic E-state index is -5.10. The maximum absolute atomic E-state index is 13.1. The Hall–Kier alpha value is -3.71. The molecular formula is C21H19F6N5O3. The fraction of sp³-hybridized carbons (Fsp3) is 0.381. The highest BCUT2D eigenvalue weighted by molar-refractivity contribution is 6.00. The standard InChI is InChI=1S/C21H19F6N5O3/c1-10(14-15(29-6-5-28-14)17-31-32(4)18(34)19(2,3)35-17)30-16(33)11-7-12(20(22,23)24)9-13(8-11)21(25,26)27/h5-10H,1-4H3,(H,30,33). The first-order valence-corrected chi connectivity index (χ1v) is 9.98. The van der Waals surface area contributed by atoms with Gasteiger partial charge in [-0.05, 0) is 39.0 Å². The SMILES string of the molecule is CC(NC(=O)c1cc(C(F)(F)F)cc(C(F)(F)F)c1)c1nccnc1C1=NN(C)C(=O)C(C)(C)O1. The molecule has 2 heterocycles. The van der Waals surface area contributed by atoms with Crippen molar-refractivity contribution in [3.8, 4) is 0 Å². The molecule has 3 rings (SSSR count). The lowest BCUT2D eigenvalue weighted by Gasteiger charge is -2.33. The number of halogens is 6. The van der Waals surface area contributed by atoms with Crippen molar-refractivity contribution >= 4 is 17.7 Å². The van der Waals surface area contributed by atoms with Gasteiger partial charge in [0.15, 0.2) is 11.3 Å². The highest BCUT2D eigenvalue weighted by atomic mass is 19.4. The number of amides is 2. The number of aromatic nitrogens is 2. The number of carbonyl (C=O) groups excluding carboxylic acids is 2. The molecule has 0 bridgehead atoms. The van der Waals surface area contributed by atoms with Crippen LogP contribution < -0.4 is 5.32 Å². The summed E-state index contributed by atoms with van der Waals surface area (Å²) in [5, 5.41) is 7.35. The van der Waals surface area contributed by atoms with Gasteiger partial charge in [0.1, 0.15) is 0 Å². The molecule has 1 aliphatic rings. The van der Waals surface area contributed by atoms with Crippen LogP contribution in [0.3, 0.4) is 0 Å². The number of rotatable bonds is 4. The summed E-state index contributed by atoms with van der Waals surface area (Å²) in [5.41, 5.74) is -5.31. The number of hydrazone groups is 1. The molecule has 8 nitrogen and oxygen atoms in total. The van der Waals surface area contributed by atoms with E-state index in [1.165, 1.54) is 40.2 Å². The topological polar surface area (TPSA) is 96.8 Å². The molecule has 0 radical (unpaired) electrons. The van der Waals surface area contributed by atoms with Crippen molar-refractivity contribution < 1.29 is 40.7 Å². The van der Waals surface area contributed by atoms with E-state index in [1.54, 1.807) is 0 Å². The van der Waals surface area contributed by atoms with Crippen LogP contribution in [0.25, 0.3) is 0 Å².